The molecule has 0 heterocycles. The molecule has 0 saturated carbocycles. The van der Waals surface area contributed by atoms with E-state index in [2.05, 4.69) is 26.6 Å². The number of ether oxygens (including phenoxy) is 3. The van der Waals surface area contributed by atoms with Gasteiger partial charge in [0.15, 0.2) is 12.0 Å². The minimum absolute atomic E-state index is 0.0254. The van der Waals surface area contributed by atoms with Crippen LogP contribution in [0.5, 0.6) is 11.5 Å². The number of amides is 3. The van der Waals surface area contributed by atoms with Gasteiger partial charge in [0.2, 0.25) is 0 Å². The number of urea groups is 1. The Hall–Kier alpha value is -2.04. The number of anilines is 1. The number of rotatable bonds is 7. The maximum Gasteiger partial charge on any atom is 0.326 e. The molecule has 0 saturated heterocycles. The van der Waals surface area contributed by atoms with Gasteiger partial charge in [-0.15, -0.1) is 0 Å². The number of carbonyl (C=O) groups excluding carboxylic acids is 2. The molecule has 7 nitrogen and oxygen atoms in total. The van der Waals surface area contributed by atoms with Crippen LogP contribution in [0.3, 0.4) is 0 Å². The highest BCUT2D eigenvalue weighted by Gasteiger charge is 2.25. The molecule has 0 atom stereocenters. The standard InChI is InChI=1S/C24H19BrCl4N2O5/c1-11-17(30-24(33)31-22(32)19-15(27)5-4-6-16(19)28)10-13(23(34-2)35-3)21(20(11)29)36-18-8-7-12(26)9-14(18)25/h4-10,23H,1-3H3,(H2,30,31,32,33). The van der Waals surface area contributed by atoms with Gasteiger partial charge in [-0.25, -0.2) is 4.79 Å². The largest absolute Gasteiger partial charge is 0.454 e. The number of hydrogen-bond donors (Lipinski definition) is 2. The van der Waals surface area contributed by atoms with Gasteiger partial charge >= 0.3 is 6.03 Å². The van der Waals surface area contributed by atoms with Crippen molar-refractivity contribution in [3.8, 4) is 11.5 Å². The summed E-state index contributed by atoms with van der Waals surface area (Å²) >= 11 is 28.2. The third-order valence-electron chi connectivity index (χ3n) is 4.95. The van der Waals surface area contributed by atoms with Crippen molar-refractivity contribution in [2.75, 3.05) is 19.5 Å². The SMILES string of the molecule is COC(OC)c1cc(NC(=O)NC(=O)c2c(Cl)cccc2Cl)c(C)c(Cl)c1Oc1ccc(Cl)cc1Br. The van der Waals surface area contributed by atoms with Crippen LogP contribution in [-0.2, 0) is 9.47 Å². The van der Waals surface area contributed by atoms with Crippen molar-refractivity contribution in [2.45, 2.75) is 13.2 Å². The van der Waals surface area contributed by atoms with E-state index in [0.29, 0.717) is 26.4 Å². The fraction of sp³-hybridized carbons (Fsp3) is 0.167. The van der Waals surface area contributed by atoms with Crippen LogP contribution in [0.4, 0.5) is 10.5 Å². The summed E-state index contributed by atoms with van der Waals surface area (Å²) < 4.78 is 17.5. The predicted octanol–water partition coefficient (Wildman–Crippen LogP) is 8.42. The Morgan fingerprint density at radius 2 is 1.61 bits per heavy atom. The molecule has 3 aromatic carbocycles. The monoisotopic (exact) mass is 634 g/mol. The smallest absolute Gasteiger partial charge is 0.326 e. The fourth-order valence-electron chi connectivity index (χ4n) is 3.21. The van der Waals surface area contributed by atoms with Crippen molar-refractivity contribution in [3.05, 3.63) is 83.7 Å². The zero-order valence-electron chi connectivity index (χ0n) is 19.0. The molecular formula is C24H19BrCl4N2O5. The molecule has 3 amide bonds. The molecule has 3 aromatic rings. The molecule has 0 aliphatic heterocycles. The minimum Gasteiger partial charge on any atom is -0.454 e. The second-order valence-corrected chi connectivity index (χ2v) is 9.75. The lowest BCUT2D eigenvalue weighted by molar-refractivity contribution is -0.106. The Morgan fingerprint density at radius 3 is 2.19 bits per heavy atom. The van der Waals surface area contributed by atoms with Crippen molar-refractivity contribution in [3.63, 3.8) is 0 Å². The van der Waals surface area contributed by atoms with Gasteiger partial charge in [-0.2, -0.15) is 0 Å². The van der Waals surface area contributed by atoms with E-state index in [4.69, 9.17) is 60.6 Å². The van der Waals surface area contributed by atoms with Crippen LogP contribution in [0.25, 0.3) is 0 Å². The number of methoxy groups -OCH3 is 2. The second kappa shape index (κ2) is 12.5. The van der Waals surface area contributed by atoms with Gasteiger partial charge in [0.25, 0.3) is 5.91 Å². The van der Waals surface area contributed by atoms with Crippen LogP contribution >= 0.6 is 62.3 Å². The van der Waals surface area contributed by atoms with Crippen molar-refractivity contribution >= 4 is 80.0 Å². The Labute approximate surface area is 236 Å². The second-order valence-electron chi connectivity index (χ2n) is 7.27. The molecule has 3 rings (SSSR count). The van der Waals surface area contributed by atoms with Crippen LogP contribution < -0.4 is 15.4 Å². The lowest BCUT2D eigenvalue weighted by atomic mass is 10.1. The van der Waals surface area contributed by atoms with E-state index >= 15 is 0 Å². The molecule has 0 unspecified atom stereocenters. The van der Waals surface area contributed by atoms with Crippen molar-refractivity contribution in [1.82, 2.24) is 5.32 Å². The molecule has 0 bridgehead atoms. The topological polar surface area (TPSA) is 85.9 Å². The molecule has 0 spiro atoms. The molecule has 36 heavy (non-hydrogen) atoms. The highest BCUT2D eigenvalue weighted by Crippen LogP contribution is 2.44. The van der Waals surface area contributed by atoms with Crippen LogP contribution in [-0.4, -0.2) is 26.2 Å². The lowest BCUT2D eigenvalue weighted by Gasteiger charge is -2.22. The van der Waals surface area contributed by atoms with Gasteiger partial charge < -0.3 is 19.5 Å². The summed E-state index contributed by atoms with van der Waals surface area (Å²) in [5, 5.41) is 5.72. The third kappa shape index (κ3) is 6.44. The van der Waals surface area contributed by atoms with Crippen LogP contribution in [0, 0.1) is 6.92 Å². The summed E-state index contributed by atoms with van der Waals surface area (Å²) in [7, 11) is 2.88. The van der Waals surface area contributed by atoms with Gasteiger partial charge in [-0.05, 0) is 64.8 Å². The van der Waals surface area contributed by atoms with Crippen LogP contribution in [0.15, 0.2) is 46.9 Å². The first-order valence-electron chi connectivity index (χ1n) is 10.1. The van der Waals surface area contributed by atoms with E-state index < -0.39 is 18.2 Å². The first-order valence-corrected chi connectivity index (χ1v) is 12.5. The average molecular weight is 637 g/mol. The van der Waals surface area contributed by atoms with E-state index in [-0.39, 0.29) is 32.1 Å². The molecule has 0 fully saturated rings. The predicted molar refractivity (Wildman–Crippen MR) is 145 cm³/mol. The summed E-state index contributed by atoms with van der Waals surface area (Å²) in [5.41, 5.74) is 1.10. The summed E-state index contributed by atoms with van der Waals surface area (Å²) in [6, 6.07) is 10.3. The zero-order chi connectivity index (χ0) is 26.6. The van der Waals surface area contributed by atoms with Crippen molar-refractivity contribution in [2.24, 2.45) is 0 Å². The quantitative estimate of drug-likeness (QED) is 0.254. The molecule has 0 aliphatic rings. The van der Waals surface area contributed by atoms with Gasteiger partial charge in [0, 0.05) is 24.9 Å². The summed E-state index contributed by atoms with van der Waals surface area (Å²) in [6.07, 6.45) is -0.892. The first-order chi connectivity index (χ1) is 17.1. The van der Waals surface area contributed by atoms with Crippen molar-refractivity contribution < 1.29 is 23.8 Å². The van der Waals surface area contributed by atoms with Gasteiger partial charge in [0.05, 0.1) is 30.7 Å². The molecule has 2 N–H and O–H groups in total. The van der Waals surface area contributed by atoms with E-state index in [1.54, 1.807) is 37.3 Å². The van der Waals surface area contributed by atoms with Crippen molar-refractivity contribution in [1.29, 1.82) is 0 Å². The molecule has 0 aromatic heterocycles. The summed E-state index contributed by atoms with van der Waals surface area (Å²) in [6.45, 7) is 1.67. The fourth-order valence-corrected chi connectivity index (χ4v) is 4.79. The number of imide groups is 1. The maximum atomic E-state index is 12.7. The maximum absolute atomic E-state index is 12.7. The molecule has 190 valence electrons. The van der Waals surface area contributed by atoms with Crippen LogP contribution in [0.2, 0.25) is 20.1 Å². The Balaban J connectivity index is 1.95. The number of carbonyl (C=O) groups is 2. The highest BCUT2D eigenvalue weighted by atomic mass is 79.9. The average Bonchev–Trinajstić information content (AvgIpc) is 2.81. The first kappa shape index (κ1) is 28.5. The van der Waals surface area contributed by atoms with E-state index in [9.17, 15) is 9.59 Å². The van der Waals surface area contributed by atoms with E-state index in [0.717, 1.165) is 0 Å². The summed E-state index contributed by atoms with van der Waals surface area (Å²) in [5.74, 6) is -0.0874. The molecule has 12 heteroatoms. The van der Waals surface area contributed by atoms with Gasteiger partial charge in [-0.1, -0.05) is 52.5 Å². The number of hydrogen-bond acceptors (Lipinski definition) is 5. The highest BCUT2D eigenvalue weighted by molar-refractivity contribution is 9.10. The Bertz CT molecular complexity index is 1300. The number of benzene rings is 3. The Morgan fingerprint density at radius 1 is 0.972 bits per heavy atom. The minimum atomic E-state index is -0.892. The van der Waals surface area contributed by atoms with Crippen LogP contribution in [0.1, 0.15) is 27.8 Å². The Kier molecular flexibility index (Phi) is 9.88. The number of halogens is 5. The normalized spacial score (nSPS) is 10.9. The lowest BCUT2D eigenvalue weighted by Crippen LogP contribution is -2.35. The van der Waals surface area contributed by atoms with Gasteiger partial charge in [-0.3, -0.25) is 10.1 Å². The van der Waals surface area contributed by atoms with E-state index in [1.165, 1.54) is 26.4 Å². The zero-order valence-corrected chi connectivity index (χ0v) is 23.7. The van der Waals surface area contributed by atoms with E-state index in [1.807, 2.05) is 0 Å². The molecule has 0 aliphatic carbocycles. The summed E-state index contributed by atoms with van der Waals surface area (Å²) in [4.78, 5) is 25.2. The number of nitrogens with one attached hydrogen (secondary N) is 2. The third-order valence-corrected chi connectivity index (χ3v) is 6.89. The van der Waals surface area contributed by atoms with Gasteiger partial charge in [0.1, 0.15) is 5.75 Å². The molecule has 0 radical (unpaired) electrons. The molecular weight excluding hydrogens is 618 g/mol.